The molecular weight excluding hydrogens is 371 g/mol. The number of carbonyl (C=O) groups excluding carboxylic acids is 1. The molecular formula is C19H26Cl2N4O. The number of rotatable bonds is 3. The molecule has 1 aliphatic heterocycles. The second-order valence-electron chi connectivity index (χ2n) is 6.78. The Hall–Kier alpha value is -1.56. The zero-order chi connectivity index (χ0) is 18.1. The highest BCUT2D eigenvalue weighted by molar-refractivity contribution is 6.30. The Balaban J connectivity index is 0.00000243. The van der Waals surface area contributed by atoms with E-state index in [1.165, 1.54) is 0 Å². The highest BCUT2D eigenvalue weighted by Gasteiger charge is 2.29. The third kappa shape index (κ3) is 4.05. The predicted octanol–water partition coefficient (Wildman–Crippen LogP) is 3.32. The minimum Gasteiger partial charge on any atom is -0.337 e. The smallest absolute Gasteiger partial charge is 0.227 e. The van der Waals surface area contributed by atoms with E-state index in [9.17, 15) is 4.79 Å². The summed E-state index contributed by atoms with van der Waals surface area (Å²) in [7, 11) is 0. The number of nitrogens with zero attached hydrogens (tertiary/aromatic N) is 3. The molecule has 0 spiro atoms. The average Bonchev–Trinajstić information content (AvgIpc) is 2.86. The van der Waals surface area contributed by atoms with Crippen LogP contribution in [-0.2, 0) is 11.2 Å². The number of amides is 1. The number of aromatic nitrogens is 2. The summed E-state index contributed by atoms with van der Waals surface area (Å²) in [4.78, 5) is 14.8. The third-order valence-corrected chi connectivity index (χ3v) is 5.45. The zero-order valence-electron chi connectivity index (χ0n) is 15.6. The second kappa shape index (κ2) is 8.42. The first-order valence-corrected chi connectivity index (χ1v) is 9.10. The fourth-order valence-electron chi connectivity index (χ4n) is 3.43. The van der Waals surface area contributed by atoms with E-state index in [2.05, 4.69) is 24.3 Å². The van der Waals surface area contributed by atoms with Gasteiger partial charge in [-0.25, -0.2) is 4.68 Å². The molecule has 2 atom stereocenters. The molecule has 0 radical (unpaired) electrons. The number of piperazine rings is 1. The van der Waals surface area contributed by atoms with Gasteiger partial charge in [-0.1, -0.05) is 11.6 Å². The van der Waals surface area contributed by atoms with Crippen molar-refractivity contribution in [1.29, 1.82) is 0 Å². The van der Waals surface area contributed by atoms with Crippen molar-refractivity contribution < 1.29 is 4.79 Å². The van der Waals surface area contributed by atoms with Crippen molar-refractivity contribution in [3.05, 3.63) is 46.2 Å². The van der Waals surface area contributed by atoms with Crippen LogP contribution in [0, 0.1) is 13.8 Å². The maximum absolute atomic E-state index is 12.9. The monoisotopic (exact) mass is 396 g/mol. The molecule has 1 aromatic heterocycles. The molecule has 2 heterocycles. The first-order chi connectivity index (χ1) is 11.9. The lowest BCUT2D eigenvalue weighted by Gasteiger charge is -2.38. The van der Waals surface area contributed by atoms with Gasteiger partial charge in [0.2, 0.25) is 5.91 Å². The van der Waals surface area contributed by atoms with Gasteiger partial charge in [-0.3, -0.25) is 4.79 Å². The number of benzene rings is 1. The number of hydrogen-bond acceptors (Lipinski definition) is 3. The van der Waals surface area contributed by atoms with Crippen molar-refractivity contribution in [2.45, 2.75) is 46.2 Å². The fourth-order valence-corrected chi connectivity index (χ4v) is 3.55. The van der Waals surface area contributed by atoms with Gasteiger partial charge in [-0.2, -0.15) is 5.10 Å². The maximum Gasteiger partial charge on any atom is 0.227 e. The third-order valence-electron chi connectivity index (χ3n) is 5.19. The molecule has 1 aromatic carbocycles. The molecule has 7 heteroatoms. The summed E-state index contributed by atoms with van der Waals surface area (Å²) in [5.41, 5.74) is 3.87. The van der Waals surface area contributed by atoms with Gasteiger partial charge in [-0.15, -0.1) is 12.4 Å². The molecule has 0 aliphatic carbocycles. The van der Waals surface area contributed by atoms with Crippen molar-refractivity contribution in [1.82, 2.24) is 20.0 Å². The van der Waals surface area contributed by atoms with Crippen molar-refractivity contribution in [2.24, 2.45) is 0 Å². The van der Waals surface area contributed by atoms with Crippen LogP contribution in [0.3, 0.4) is 0 Å². The van der Waals surface area contributed by atoms with E-state index in [1.54, 1.807) is 0 Å². The van der Waals surface area contributed by atoms with Gasteiger partial charge >= 0.3 is 0 Å². The Bertz CT molecular complexity index is 773. The molecule has 3 rings (SSSR count). The Morgan fingerprint density at radius 1 is 1.27 bits per heavy atom. The van der Waals surface area contributed by atoms with E-state index >= 15 is 0 Å². The maximum atomic E-state index is 12.9. The normalized spacial score (nSPS) is 20.0. The van der Waals surface area contributed by atoms with Crippen LogP contribution in [0.25, 0.3) is 5.69 Å². The molecule has 2 aromatic rings. The number of aryl methyl sites for hydroxylation is 1. The molecule has 1 amide bonds. The lowest BCUT2D eigenvalue weighted by molar-refractivity contribution is -0.134. The van der Waals surface area contributed by atoms with E-state index in [1.807, 2.05) is 47.7 Å². The van der Waals surface area contributed by atoms with Crippen LogP contribution in [0.15, 0.2) is 24.3 Å². The van der Waals surface area contributed by atoms with E-state index in [0.29, 0.717) is 17.5 Å². The van der Waals surface area contributed by atoms with Crippen LogP contribution in [0.4, 0.5) is 0 Å². The summed E-state index contributed by atoms with van der Waals surface area (Å²) in [5.74, 6) is 0.169. The quantitative estimate of drug-likeness (QED) is 0.865. The van der Waals surface area contributed by atoms with E-state index in [4.69, 9.17) is 11.6 Å². The van der Waals surface area contributed by atoms with Crippen LogP contribution in [0.2, 0.25) is 5.02 Å². The molecule has 142 valence electrons. The summed E-state index contributed by atoms with van der Waals surface area (Å²) in [6.07, 6.45) is 0.391. The highest BCUT2D eigenvalue weighted by Crippen LogP contribution is 2.21. The van der Waals surface area contributed by atoms with Gasteiger partial charge in [0, 0.05) is 41.5 Å². The molecule has 1 saturated heterocycles. The molecule has 1 fully saturated rings. The number of hydrogen-bond donors (Lipinski definition) is 1. The Morgan fingerprint density at radius 2 is 1.92 bits per heavy atom. The topological polar surface area (TPSA) is 50.2 Å². The average molecular weight is 397 g/mol. The minimum absolute atomic E-state index is 0. The van der Waals surface area contributed by atoms with Crippen LogP contribution in [-0.4, -0.2) is 45.8 Å². The summed E-state index contributed by atoms with van der Waals surface area (Å²) < 4.78 is 1.89. The van der Waals surface area contributed by atoms with Crippen molar-refractivity contribution in [3.8, 4) is 5.69 Å². The minimum atomic E-state index is 0. The molecule has 5 nitrogen and oxygen atoms in total. The van der Waals surface area contributed by atoms with Gasteiger partial charge in [-0.05, 0) is 52.0 Å². The summed E-state index contributed by atoms with van der Waals surface area (Å²) >= 11 is 5.97. The number of carbonyl (C=O) groups is 1. The number of halogens is 2. The first kappa shape index (κ1) is 20.7. The van der Waals surface area contributed by atoms with Crippen LogP contribution in [0.1, 0.15) is 30.8 Å². The standard InChI is InChI=1S/C19H25ClN4O.ClH/c1-12-14(3)23(10-9-21-12)19(25)11-18-13(2)22-24(15(18)4)17-7-5-16(20)6-8-17;/h5-8,12,14,21H,9-11H2,1-4H3;1H. The lowest BCUT2D eigenvalue weighted by atomic mass is 10.0. The van der Waals surface area contributed by atoms with E-state index in [0.717, 1.165) is 35.7 Å². The van der Waals surface area contributed by atoms with Crippen LogP contribution in [0.5, 0.6) is 0 Å². The molecule has 0 bridgehead atoms. The van der Waals surface area contributed by atoms with Gasteiger partial charge < -0.3 is 10.2 Å². The lowest BCUT2D eigenvalue weighted by Crippen LogP contribution is -2.57. The van der Waals surface area contributed by atoms with Crippen molar-refractivity contribution >= 4 is 29.9 Å². The van der Waals surface area contributed by atoms with Crippen LogP contribution < -0.4 is 5.32 Å². The fraction of sp³-hybridized carbons (Fsp3) is 0.474. The Labute approximate surface area is 166 Å². The van der Waals surface area contributed by atoms with Gasteiger partial charge in [0.25, 0.3) is 0 Å². The van der Waals surface area contributed by atoms with Gasteiger partial charge in [0.1, 0.15) is 0 Å². The summed E-state index contributed by atoms with van der Waals surface area (Å²) in [6.45, 7) is 9.81. The predicted molar refractivity (Wildman–Crippen MR) is 108 cm³/mol. The Kier molecular flexibility index (Phi) is 6.72. The summed E-state index contributed by atoms with van der Waals surface area (Å²) in [6, 6.07) is 8.09. The van der Waals surface area contributed by atoms with E-state index in [-0.39, 0.29) is 24.4 Å². The molecule has 1 N–H and O–H groups in total. The van der Waals surface area contributed by atoms with Crippen molar-refractivity contribution in [2.75, 3.05) is 13.1 Å². The summed E-state index contributed by atoms with van der Waals surface area (Å²) in [5, 5.41) is 8.74. The SMILES string of the molecule is Cc1nn(-c2ccc(Cl)cc2)c(C)c1CC(=O)N1CCNC(C)C1C.Cl. The zero-order valence-corrected chi connectivity index (χ0v) is 17.2. The molecule has 2 unspecified atom stereocenters. The van der Waals surface area contributed by atoms with Gasteiger partial charge in [0.05, 0.1) is 17.8 Å². The number of nitrogens with one attached hydrogen (secondary N) is 1. The second-order valence-corrected chi connectivity index (χ2v) is 7.22. The highest BCUT2D eigenvalue weighted by atomic mass is 35.5. The molecule has 1 aliphatic rings. The first-order valence-electron chi connectivity index (χ1n) is 8.72. The molecule has 0 saturated carbocycles. The largest absolute Gasteiger partial charge is 0.337 e. The molecule has 26 heavy (non-hydrogen) atoms. The van der Waals surface area contributed by atoms with Crippen LogP contribution >= 0.6 is 24.0 Å². The van der Waals surface area contributed by atoms with Gasteiger partial charge in [0.15, 0.2) is 0 Å². The Morgan fingerprint density at radius 3 is 2.58 bits per heavy atom. The van der Waals surface area contributed by atoms with Crippen molar-refractivity contribution in [3.63, 3.8) is 0 Å². The van der Waals surface area contributed by atoms with E-state index < -0.39 is 0 Å².